The van der Waals surface area contributed by atoms with E-state index in [1.807, 2.05) is 0 Å². The quantitative estimate of drug-likeness (QED) is 0.690. The van der Waals surface area contributed by atoms with Gasteiger partial charge in [-0.1, -0.05) is 0 Å². The second kappa shape index (κ2) is 10.3. The summed E-state index contributed by atoms with van der Waals surface area (Å²) < 4.78 is 40.1. The summed E-state index contributed by atoms with van der Waals surface area (Å²) in [4.78, 5) is 36.7. The monoisotopic (exact) mass is 438 g/mol. The Bertz CT molecular complexity index is 783. The molecule has 0 radical (unpaired) electrons. The first-order valence-electron chi connectivity index (χ1n) is 8.55. The van der Waals surface area contributed by atoms with Crippen LogP contribution in [0, 0.1) is 17.5 Å². The summed E-state index contributed by atoms with van der Waals surface area (Å²) in [6.45, 7) is 1.26. The molecule has 0 saturated carbocycles. The predicted octanol–water partition coefficient (Wildman–Crippen LogP) is 1.37. The Hall–Kier alpha value is -2.53. The van der Waals surface area contributed by atoms with Crippen molar-refractivity contribution in [3.63, 3.8) is 0 Å². The van der Waals surface area contributed by atoms with Crippen LogP contribution >= 0.6 is 12.4 Å². The van der Waals surface area contributed by atoms with Gasteiger partial charge in [0.15, 0.2) is 11.6 Å². The summed E-state index contributed by atoms with van der Waals surface area (Å²) in [5.74, 6) is -4.52. The lowest BCUT2D eigenvalue weighted by molar-refractivity contribution is -0.161. The maximum atomic E-state index is 13.8. The predicted molar refractivity (Wildman–Crippen MR) is 98.6 cm³/mol. The average molecular weight is 439 g/mol. The fourth-order valence-electron chi connectivity index (χ4n) is 2.97. The normalized spacial score (nSPS) is 15.4. The molecule has 8 nitrogen and oxygen atoms in total. The molecule has 3 amide bonds. The third-order valence-corrected chi connectivity index (χ3v) is 4.38. The Morgan fingerprint density at radius 1 is 1.03 bits per heavy atom. The van der Waals surface area contributed by atoms with Gasteiger partial charge in [-0.3, -0.25) is 9.59 Å². The molecule has 0 aliphatic carbocycles. The number of nitrogens with two attached hydrogens (primary N) is 1. The number of benzene rings is 1. The molecule has 1 atom stereocenters. The third-order valence-electron chi connectivity index (χ3n) is 4.38. The first-order chi connectivity index (χ1) is 13.1. The summed E-state index contributed by atoms with van der Waals surface area (Å²) in [5.41, 5.74) is 5.70. The first kappa shape index (κ1) is 24.5. The zero-order valence-electron chi connectivity index (χ0n) is 15.6. The molecule has 12 heteroatoms. The topological polar surface area (TPSA) is 107 Å². The van der Waals surface area contributed by atoms with Crippen molar-refractivity contribution in [2.45, 2.75) is 25.8 Å². The average Bonchev–Trinajstić information content (AvgIpc) is 2.82. The lowest BCUT2D eigenvalue weighted by Gasteiger charge is -2.32. The highest BCUT2D eigenvalue weighted by molar-refractivity contribution is 5.85. The number of hydrogen-bond donors (Lipinski definition) is 2. The summed E-state index contributed by atoms with van der Waals surface area (Å²) in [6.07, 6.45) is -1.68. The molecule has 0 bridgehead atoms. The minimum Gasteiger partial charge on any atom is -0.465 e. The molecular weight excluding hydrogens is 417 g/mol. The first-order valence-corrected chi connectivity index (χ1v) is 8.55. The van der Waals surface area contributed by atoms with Gasteiger partial charge in [-0.05, 0) is 18.1 Å². The molecule has 1 aromatic carbocycles. The van der Waals surface area contributed by atoms with Gasteiger partial charge in [-0.2, -0.15) is 0 Å². The molecule has 3 N–H and O–H groups in total. The van der Waals surface area contributed by atoms with Crippen LogP contribution in [0.3, 0.4) is 0 Å². The van der Waals surface area contributed by atoms with E-state index in [0.717, 1.165) is 14.9 Å². The fourth-order valence-corrected chi connectivity index (χ4v) is 2.97. The molecule has 29 heavy (non-hydrogen) atoms. The van der Waals surface area contributed by atoms with Gasteiger partial charge in [-0.25, -0.2) is 28.0 Å². The van der Waals surface area contributed by atoms with E-state index in [1.165, 1.54) is 6.92 Å². The minimum absolute atomic E-state index is 0. The molecule has 1 aliphatic heterocycles. The van der Waals surface area contributed by atoms with Gasteiger partial charge < -0.3 is 15.7 Å². The Balaban J connectivity index is 0.00000420. The smallest absolute Gasteiger partial charge is 0.407 e. The Morgan fingerprint density at radius 3 is 2.14 bits per heavy atom. The number of nitrogens with zero attached hydrogens (tertiary/aromatic N) is 3. The Kier molecular flexibility index (Phi) is 8.71. The van der Waals surface area contributed by atoms with E-state index in [0.29, 0.717) is 12.1 Å². The molecule has 1 fully saturated rings. The second-order valence-corrected chi connectivity index (χ2v) is 6.45. The van der Waals surface area contributed by atoms with Gasteiger partial charge >= 0.3 is 6.09 Å². The van der Waals surface area contributed by atoms with Crippen molar-refractivity contribution < 1.29 is 32.7 Å². The zero-order valence-corrected chi connectivity index (χ0v) is 16.4. The number of halogens is 4. The van der Waals surface area contributed by atoms with Crippen molar-refractivity contribution in [1.29, 1.82) is 0 Å². The van der Waals surface area contributed by atoms with E-state index in [9.17, 15) is 27.6 Å². The van der Waals surface area contributed by atoms with E-state index in [-0.39, 0.29) is 57.0 Å². The lowest BCUT2D eigenvalue weighted by atomic mass is 10.0. The number of hydrazine groups is 1. The van der Waals surface area contributed by atoms with Crippen molar-refractivity contribution in [2.24, 2.45) is 5.73 Å². The van der Waals surface area contributed by atoms with Crippen molar-refractivity contribution in [2.75, 3.05) is 26.2 Å². The molecule has 1 heterocycles. The SMILES string of the molecule is CC(=O)N1CCN(C(=O)O)CCN1C(=O)C[C@H](N)Cc1cc(F)c(F)cc1F.Cl. The lowest BCUT2D eigenvalue weighted by Crippen LogP contribution is -2.50. The second-order valence-electron chi connectivity index (χ2n) is 6.45. The highest BCUT2D eigenvalue weighted by Crippen LogP contribution is 2.17. The number of rotatable bonds is 4. The minimum atomic E-state index is -1.32. The highest BCUT2D eigenvalue weighted by atomic mass is 35.5. The standard InChI is InChI=1S/C17H21F3N4O4.ClH/c1-10(25)23-4-2-22(17(27)28)3-5-24(23)16(26)8-12(21)6-11-7-14(19)15(20)9-13(11)18;/h7,9,12H,2-6,8,21H2,1H3,(H,27,28);1H/t12-;/m1./s1. The molecule has 1 aliphatic rings. The molecule has 2 rings (SSSR count). The van der Waals surface area contributed by atoms with Crippen molar-refractivity contribution in [1.82, 2.24) is 14.9 Å². The van der Waals surface area contributed by atoms with Gasteiger partial charge in [0.1, 0.15) is 5.82 Å². The van der Waals surface area contributed by atoms with Gasteiger partial charge in [0.2, 0.25) is 11.8 Å². The zero-order chi connectivity index (χ0) is 21.0. The van der Waals surface area contributed by atoms with Gasteiger partial charge in [0.05, 0.1) is 13.1 Å². The fraction of sp³-hybridized carbons (Fsp3) is 0.471. The molecule has 1 saturated heterocycles. The number of carbonyl (C=O) groups excluding carboxylic acids is 2. The van der Waals surface area contributed by atoms with Crippen LogP contribution in [0.25, 0.3) is 0 Å². The van der Waals surface area contributed by atoms with Crippen LogP contribution in [0.5, 0.6) is 0 Å². The van der Waals surface area contributed by atoms with Crippen molar-refractivity contribution in [3.05, 3.63) is 35.1 Å². The van der Waals surface area contributed by atoms with Crippen molar-refractivity contribution >= 4 is 30.3 Å². The molecule has 0 unspecified atom stereocenters. The van der Waals surface area contributed by atoms with Crippen LogP contribution in [-0.2, 0) is 16.0 Å². The van der Waals surface area contributed by atoms with Gasteiger partial charge in [0, 0.05) is 38.5 Å². The number of carboxylic acid groups (broad SMARTS) is 1. The molecular formula is C17H22ClF3N4O4. The number of amides is 3. The van der Waals surface area contributed by atoms with Gasteiger partial charge in [0.25, 0.3) is 0 Å². The molecule has 1 aromatic rings. The largest absolute Gasteiger partial charge is 0.465 e. The van der Waals surface area contributed by atoms with Crippen LogP contribution in [0.1, 0.15) is 18.9 Å². The van der Waals surface area contributed by atoms with E-state index >= 15 is 0 Å². The maximum Gasteiger partial charge on any atom is 0.407 e. The van der Waals surface area contributed by atoms with E-state index in [4.69, 9.17) is 10.8 Å². The van der Waals surface area contributed by atoms with Crippen LogP contribution in [0.2, 0.25) is 0 Å². The molecule has 162 valence electrons. The molecule has 0 aromatic heterocycles. The summed E-state index contributed by atoms with van der Waals surface area (Å²) in [5, 5.41) is 11.3. The van der Waals surface area contributed by atoms with Crippen LogP contribution in [-0.4, -0.2) is 70.2 Å². The number of hydrogen-bond acceptors (Lipinski definition) is 4. The van der Waals surface area contributed by atoms with Crippen LogP contribution in [0.15, 0.2) is 12.1 Å². The summed E-state index contributed by atoms with van der Waals surface area (Å²) in [7, 11) is 0. The van der Waals surface area contributed by atoms with Gasteiger partial charge in [-0.15, -0.1) is 12.4 Å². The summed E-state index contributed by atoms with van der Waals surface area (Å²) >= 11 is 0. The summed E-state index contributed by atoms with van der Waals surface area (Å²) in [6, 6.07) is 0.180. The van der Waals surface area contributed by atoms with Crippen LogP contribution in [0.4, 0.5) is 18.0 Å². The highest BCUT2D eigenvalue weighted by Gasteiger charge is 2.30. The van der Waals surface area contributed by atoms with E-state index < -0.39 is 41.4 Å². The third kappa shape index (κ3) is 6.23. The Labute approximate surface area is 171 Å². The van der Waals surface area contributed by atoms with Crippen LogP contribution < -0.4 is 5.73 Å². The Morgan fingerprint density at radius 2 is 1.59 bits per heavy atom. The van der Waals surface area contributed by atoms with E-state index in [2.05, 4.69) is 0 Å². The van der Waals surface area contributed by atoms with E-state index in [1.54, 1.807) is 0 Å². The van der Waals surface area contributed by atoms with Crippen molar-refractivity contribution in [3.8, 4) is 0 Å². The maximum absolute atomic E-state index is 13.8. The molecule has 0 spiro atoms. The number of carbonyl (C=O) groups is 3.